The number of carbonyl (C=O) groups excluding carboxylic acids is 1. The molecule has 6 heteroatoms. The number of hydrogen-bond donors (Lipinski definition) is 1. The lowest BCUT2D eigenvalue weighted by atomic mass is 9.98. The number of aromatic nitrogens is 2. The number of likely N-dealkylation sites (tertiary alicyclic amines) is 1. The van der Waals surface area contributed by atoms with Gasteiger partial charge in [0.25, 0.3) is 0 Å². The summed E-state index contributed by atoms with van der Waals surface area (Å²) in [7, 11) is 0. The fourth-order valence-electron chi connectivity index (χ4n) is 3.04. The molecular weight excluding hydrogens is 357 g/mol. The molecule has 1 fully saturated rings. The zero-order valence-corrected chi connectivity index (χ0v) is 13.5. The Morgan fingerprint density at radius 2 is 2.21 bits per heavy atom. The van der Waals surface area contributed by atoms with E-state index in [-0.39, 0.29) is 6.09 Å². The zero-order chi connectivity index (χ0) is 13.8. The predicted molar refractivity (Wildman–Crippen MR) is 79.0 cm³/mol. The normalized spacial score (nSPS) is 25.4. The molecule has 1 saturated heterocycles. The lowest BCUT2D eigenvalue weighted by molar-refractivity contribution is 0.0285. The van der Waals surface area contributed by atoms with Gasteiger partial charge in [-0.25, -0.2) is 4.79 Å². The molecular formula is C13H18IN3O2. The highest BCUT2D eigenvalue weighted by Gasteiger charge is 2.44. The van der Waals surface area contributed by atoms with Gasteiger partial charge in [0.05, 0.1) is 0 Å². The number of aromatic amines is 1. The summed E-state index contributed by atoms with van der Waals surface area (Å²) in [5.74, 6) is 0.943. The Hall–Kier alpha value is -0.790. The monoisotopic (exact) mass is 375 g/mol. The summed E-state index contributed by atoms with van der Waals surface area (Å²) < 4.78 is 6.50. The molecule has 1 aliphatic carbocycles. The molecule has 3 rings (SSSR count). The topological polar surface area (TPSA) is 58.2 Å². The number of amides is 1. The third-order valence-electron chi connectivity index (χ3n) is 3.77. The molecule has 1 N–H and O–H groups in total. The van der Waals surface area contributed by atoms with Crippen molar-refractivity contribution < 1.29 is 9.53 Å². The standard InChI is InChI=1S/C13H18IN3O2/c1-13(2,3)19-12(18)17-5-7-4-9-10(8(7)6-17)11(14)16-15-9/h7-8H,4-6H2,1-3H3,(H,15,16)/t7-,8+/m1/s1. The van der Waals surface area contributed by atoms with Crippen molar-refractivity contribution in [2.24, 2.45) is 5.92 Å². The van der Waals surface area contributed by atoms with Gasteiger partial charge in [-0.2, -0.15) is 5.10 Å². The first-order valence-corrected chi connectivity index (χ1v) is 7.63. The molecule has 2 aliphatic rings. The summed E-state index contributed by atoms with van der Waals surface area (Å²) in [6.45, 7) is 7.25. The third-order valence-corrected chi connectivity index (χ3v) is 4.59. The Morgan fingerprint density at radius 1 is 1.47 bits per heavy atom. The summed E-state index contributed by atoms with van der Waals surface area (Å²) in [5.41, 5.74) is 2.14. The van der Waals surface area contributed by atoms with Crippen LogP contribution >= 0.6 is 22.6 Å². The van der Waals surface area contributed by atoms with E-state index >= 15 is 0 Å². The Labute approximate surface area is 126 Å². The van der Waals surface area contributed by atoms with Crippen molar-refractivity contribution in [3.63, 3.8) is 0 Å². The maximum Gasteiger partial charge on any atom is 0.410 e. The van der Waals surface area contributed by atoms with E-state index < -0.39 is 5.60 Å². The first-order valence-electron chi connectivity index (χ1n) is 6.55. The van der Waals surface area contributed by atoms with E-state index in [2.05, 4.69) is 32.8 Å². The van der Waals surface area contributed by atoms with Crippen LogP contribution in [0.3, 0.4) is 0 Å². The number of rotatable bonds is 0. The summed E-state index contributed by atoms with van der Waals surface area (Å²) in [6.07, 6.45) is 0.803. The zero-order valence-electron chi connectivity index (χ0n) is 11.4. The molecule has 0 saturated carbocycles. The van der Waals surface area contributed by atoms with Gasteiger partial charge in [0.2, 0.25) is 0 Å². The van der Waals surface area contributed by atoms with Gasteiger partial charge >= 0.3 is 6.09 Å². The fourth-order valence-corrected chi connectivity index (χ4v) is 3.88. The van der Waals surface area contributed by atoms with Crippen molar-refractivity contribution in [2.45, 2.75) is 38.7 Å². The van der Waals surface area contributed by atoms with Gasteiger partial charge in [-0.3, -0.25) is 5.10 Å². The predicted octanol–water partition coefficient (Wildman–Crippen LogP) is 2.52. The van der Waals surface area contributed by atoms with Crippen molar-refractivity contribution in [1.29, 1.82) is 0 Å². The van der Waals surface area contributed by atoms with E-state index in [4.69, 9.17) is 4.74 Å². The summed E-state index contributed by atoms with van der Waals surface area (Å²) in [6, 6.07) is 0. The van der Waals surface area contributed by atoms with E-state index in [1.54, 1.807) is 0 Å². The minimum atomic E-state index is -0.427. The molecule has 1 amide bonds. The minimum Gasteiger partial charge on any atom is -0.444 e. The average Bonchev–Trinajstić information content (AvgIpc) is 2.87. The number of carbonyl (C=O) groups is 1. The first-order chi connectivity index (χ1) is 8.85. The van der Waals surface area contributed by atoms with Gasteiger partial charge in [0.15, 0.2) is 0 Å². The molecule has 0 radical (unpaired) electrons. The van der Waals surface area contributed by atoms with E-state index in [0.717, 1.165) is 23.2 Å². The van der Waals surface area contributed by atoms with Crippen molar-refractivity contribution >= 4 is 28.7 Å². The molecule has 104 valence electrons. The number of ether oxygens (including phenoxy) is 1. The van der Waals surface area contributed by atoms with Crippen LogP contribution in [0.2, 0.25) is 0 Å². The maximum atomic E-state index is 12.1. The number of halogens is 1. The molecule has 2 atom stereocenters. The van der Waals surface area contributed by atoms with Crippen LogP contribution in [0.5, 0.6) is 0 Å². The number of fused-ring (bicyclic) bond motifs is 3. The van der Waals surface area contributed by atoms with E-state index in [1.807, 2.05) is 25.7 Å². The number of hydrogen-bond acceptors (Lipinski definition) is 3. The van der Waals surface area contributed by atoms with Crippen LogP contribution in [0.1, 0.15) is 37.9 Å². The molecule has 0 unspecified atom stereocenters. The van der Waals surface area contributed by atoms with Gasteiger partial charge in [-0.1, -0.05) is 0 Å². The lowest BCUT2D eigenvalue weighted by Crippen LogP contribution is -2.35. The second kappa shape index (κ2) is 4.36. The summed E-state index contributed by atoms with van der Waals surface area (Å²) in [5, 5.41) is 7.36. The van der Waals surface area contributed by atoms with E-state index in [9.17, 15) is 4.79 Å². The van der Waals surface area contributed by atoms with Crippen LogP contribution in [0.4, 0.5) is 4.79 Å². The van der Waals surface area contributed by atoms with Crippen molar-refractivity contribution in [3.05, 3.63) is 15.0 Å². The van der Waals surface area contributed by atoms with Crippen LogP contribution in [0.15, 0.2) is 0 Å². The van der Waals surface area contributed by atoms with E-state index in [1.165, 1.54) is 11.3 Å². The SMILES string of the molecule is CC(C)(C)OC(=O)N1C[C@H]2Cc3[nH]nc(I)c3[C@H]2C1. The van der Waals surface area contributed by atoms with Gasteiger partial charge < -0.3 is 9.64 Å². The second-order valence-corrected chi connectivity index (χ2v) is 7.38. The summed E-state index contributed by atoms with van der Waals surface area (Å²) >= 11 is 2.27. The number of nitrogens with zero attached hydrogens (tertiary/aromatic N) is 2. The van der Waals surface area contributed by atoms with Crippen LogP contribution in [-0.4, -0.2) is 39.9 Å². The van der Waals surface area contributed by atoms with Crippen molar-refractivity contribution in [3.8, 4) is 0 Å². The smallest absolute Gasteiger partial charge is 0.410 e. The molecule has 0 spiro atoms. The van der Waals surface area contributed by atoms with Crippen LogP contribution in [0.25, 0.3) is 0 Å². The largest absolute Gasteiger partial charge is 0.444 e. The number of H-pyrrole nitrogens is 1. The lowest BCUT2D eigenvalue weighted by Gasteiger charge is -2.24. The number of nitrogens with one attached hydrogen (secondary N) is 1. The second-order valence-electron chi connectivity index (χ2n) is 6.36. The van der Waals surface area contributed by atoms with Gasteiger partial charge in [-0.15, -0.1) is 0 Å². The molecule has 2 heterocycles. The Balaban J connectivity index is 1.73. The molecule has 19 heavy (non-hydrogen) atoms. The minimum absolute atomic E-state index is 0.193. The van der Waals surface area contributed by atoms with Gasteiger partial charge in [-0.05, 0) is 55.7 Å². The molecule has 1 aromatic heterocycles. The van der Waals surface area contributed by atoms with E-state index in [0.29, 0.717) is 11.8 Å². The Bertz CT molecular complexity index is 520. The van der Waals surface area contributed by atoms with Crippen LogP contribution in [-0.2, 0) is 11.2 Å². The molecule has 5 nitrogen and oxygen atoms in total. The maximum absolute atomic E-state index is 12.1. The Kier molecular flexibility index (Phi) is 3.03. The van der Waals surface area contributed by atoms with Gasteiger partial charge in [0, 0.05) is 30.3 Å². The fraction of sp³-hybridized carbons (Fsp3) is 0.692. The first kappa shape index (κ1) is 13.2. The highest BCUT2D eigenvalue weighted by Crippen LogP contribution is 2.44. The highest BCUT2D eigenvalue weighted by atomic mass is 127. The summed E-state index contributed by atoms with van der Waals surface area (Å²) in [4.78, 5) is 13.9. The quantitative estimate of drug-likeness (QED) is 0.709. The van der Waals surface area contributed by atoms with Crippen LogP contribution in [0, 0.1) is 9.62 Å². The highest BCUT2D eigenvalue weighted by molar-refractivity contribution is 14.1. The third kappa shape index (κ3) is 2.34. The molecule has 1 aromatic rings. The van der Waals surface area contributed by atoms with Crippen LogP contribution < -0.4 is 0 Å². The molecule has 0 bridgehead atoms. The Morgan fingerprint density at radius 3 is 2.89 bits per heavy atom. The van der Waals surface area contributed by atoms with Crippen molar-refractivity contribution in [1.82, 2.24) is 15.1 Å². The molecule has 0 aromatic carbocycles. The van der Waals surface area contributed by atoms with Crippen molar-refractivity contribution in [2.75, 3.05) is 13.1 Å². The average molecular weight is 375 g/mol. The van der Waals surface area contributed by atoms with Gasteiger partial charge in [0.1, 0.15) is 9.30 Å². The molecule has 1 aliphatic heterocycles.